The number of para-hydroxylation sites is 1. The number of thioether (sulfide) groups is 1. The molecule has 1 heterocycles. The van der Waals surface area contributed by atoms with E-state index in [1.54, 1.807) is 6.20 Å². The number of ether oxygens (including phenoxy) is 2. The quantitative estimate of drug-likeness (QED) is 0.224. The molecule has 48 heavy (non-hydrogen) atoms. The smallest absolute Gasteiger partial charge is 0.316 e. The molecular weight excluding hydrogens is 628 g/mol. The van der Waals surface area contributed by atoms with Gasteiger partial charge in [-0.1, -0.05) is 57.2 Å². The summed E-state index contributed by atoms with van der Waals surface area (Å²) in [4.78, 5) is 40.0. The number of carbonyl (C=O) groups excluding carboxylic acids is 3. The number of Topliss-reactive ketones (excluding diaryl/α,β-unsaturated/α-hetero) is 1. The van der Waals surface area contributed by atoms with E-state index in [0.717, 1.165) is 25.0 Å². The maximum Gasteiger partial charge on any atom is 0.316 e. The zero-order valence-corrected chi connectivity index (χ0v) is 30.1. The largest absolute Gasteiger partial charge is 0.487 e. The fourth-order valence-electron chi connectivity index (χ4n) is 8.67. The Hall–Kier alpha value is -3.18. The van der Waals surface area contributed by atoms with Crippen molar-refractivity contribution in [2.45, 2.75) is 104 Å². The predicted molar refractivity (Wildman–Crippen MR) is 185 cm³/mol. The molecule has 1 amide bonds. The second-order valence-corrected chi connectivity index (χ2v) is 17.1. The third-order valence-corrected chi connectivity index (χ3v) is 13.2. The van der Waals surface area contributed by atoms with Crippen LogP contribution in [0.5, 0.6) is 5.75 Å². The van der Waals surface area contributed by atoms with Gasteiger partial charge in [0.2, 0.25) is 5.91 Å². The zero-order valence-electron chi connectivity index (χ0n) is 29.2. The van der Waals surface area contributed by atoms with Gasteiger partial charge in [0.05, 0.1) is 18.1 Å². The molecule has 1 aromatic heterocycles. The van der Waals surface area contributed by atoms with Crippen molar-refractivity contribution in [3.05, 3.63) is 54.9 Å². The van der Waals surface area contributed by atoms with E-state index >= 15 is 0 Å². The number of carbonyl (C=O) groups is 3. The number of nitrogens with one attached hydrogen (secondary N) is 1. The normalized spacial score (nSPS) is 33.2. The molecular formula is C37H52N4O6S. The molecule has 0 saturated heterocycles. The van der Waals surface area contributed by atoms with Gasteiger partial charge in [-0.3, -0.25) is 14.4 Å². The van der Waals surface area contributed by atoms with Crippen LogP contribution in [0.15, 0.2) is 49.2 Å². The molecule has 8 atom stereocenters. The number of nitrogens with zero attached hydrogens (tertiary/aromatic N) is 3. The fourth-order valence-corrected chi connectivity index (χ4v) is 9.42. The molecule has 3 saturated carbocycles. The number of esters is 1. The van der Waals surface area contributed by atoms with Crippen LogP contribution < -0.4 is 10.1 Å². The first kappa shape index (κ1) is 36.1. The minimum Gasteiger partial charge on any atom is -0.487 e. The molecule has 0 aliphatic heterocycles. The summed E-state index contributed by atoms with van der Waals surface area (Å²) in [5.74, 6) is 0.304. The summed E-state index contributed by atoms with van der Waals surface area (Å²) in [5, 5.41) is 22.8. The molecule has 3 fully saturated rings. The van der Waals surface area contributed by atoms with Crippen LogP contribution in [0.1, 0.15) is 79.3 Å². The maximum atomic E-state index is 13.6. The van der Waals surface area contributed by atoms with Crippen molar-refractivity contribution in [2.75, 3.05) is 12.3 Å². The van der Waals surface area contributed by atoms with Gasteiger partial charge in [-0.2, -0.15) is 0 Å². The summed E-state index contributed by atoms with van der Waals surface area (Å²) in [6, 6.07) is 9.41. The summed E-state index contributed by atoms with van der Waals surface area (Å²) >= 11 is 1.41. The number of aliphatic hydroxyl groups excluding tert-OH is 1. The predicted octanol–water partition coefficient (Wildman–Crippen LogP) is 5.39. The van der Waals surface area contributed by atoms with Crippen LogP contribution in [-0.4, -0.2) is 67.0 Å². The van der Waals surface area contributed by atoms with Gasteiger partial charge in [0.1, 0.15) is 36.5 Å². The van der Waals surface area contributed by atoms with E-state index in [-0.39, 0.29) is 59.7 Å². The fraction of sp³-hybridized carbons (Fsp3) is 0.649. The Morgan fingerprint density at radius 3 is 2.65 bits per heavy atom. The molecule has 5 rings (SSSR count). The van der Waals surface area contributed by atoms with Gasteiger partial charge < -0.3 is 19.9 Å². The number of hydrogen-bond donors (Lipinski definition) is 2. The van der Waals surface area contributed by atoms with Crippen molar-refractivity contribution in [3.63, 3.8) is 0 Å². The Morgan fingerprint density at radius 1 is 1.21 bits per heavy atom. The van der Waals surface area contributed by atoms with E-state index in [1.165, 1.54) is 16.4 Å². The Balaban J connectivity index is 1.18. The summed E-state index contributed by atoms with van der Waals surface area (Å²) in [5.41, 5.74) is -0.931. The van der Waals surface area contributed by atoms with Gasteiger partial charge in [-0.05, 0) is 68.9 Å². The van der Waals surface area contributed by atoms with Crippen LogP contribution in [-0.2, 0) is 32.3 Å². The Labute approximate surface area is 288 Å². The monoisotopic (exact) mass is 680 g/mol. The molecule has 0 radical (unpaired) electrons. The standard InChI is InChI=1S/C37H52N4O6S/c1-8-35(6)18-29(36(7)24(2)14-16-37(25(3)33(35)45)17-15-28(42)32(36)37)47-31(44)22-48-34(4,5)23-38-30(43)20-41-19-26(39-40-41)21-46-27-12-10-9-11-13-27/h8-13,19,24-25,29,32-33,45H,1,14-18,20-23H2,2-7H3,(H,38,43)/t24-,25+,29-,32+,33+,35-,36+,37+/m1/s1. The first-order valence-corrected chi connectivity index (χ1v) is 18.1. The first-order chi connectivity index (χ1) is 22.6. The lowest BCUT2D eigenvalue weighted by Gasteiger charge is -2.61. The highest BCUT2D eigenvalue weighted by Gasteiger charge is 2.68. The van der Waals surface area contributed by atoms with E-state index in [0.29, 0.717) is 25.1 Å². The average molecular weight is 681 g/mol. The van der Waals surface area contributed by atoms with E-state index in [1.807, 2.05) is 57.2 Å². The minimum atomic E-state index is -0.703. The van der Waals surface area contributed by atoms with E-state index < -0.39 is 27.8 Å². The second kappa shape index (κ2) is 14.0. The lowest BCUT2D eigenvalue weighted by Crippen LogP contribution is -2.63. The van der Waals surface area contributed by atoms with Crippen LogP contribution in [0.3, 0.4) is 0 Å². The molecule has 2 aromatic rings. The Bertz CT molecular complexity index is 1500. The molecule has 262 valence electrons. The van der Waals surface area contributed by atoms with Crippen molar-refractivity contribution >= 4 is 29.4 Å². The van der Waals surface area contributed by atoms with Gasteiger partial charge in [0, 0.05) is 34.5 Å². The molecule has 3 aliphatic carbocycles. The van der Waals surface area contributed by atoms with Crippen molar-refractivity contribution < 1.29 is 29.0 Å². The SMILES string of the molecule is C=C[C@]1(C)C[C@@H](OC(=O)CSC(C)(C)CNC(=O)Cn2cc(COc3ccccc3)nn2)[C@]2(C)[C@H](C)CC[C@]3(CCC(=O)[C@H]32)[C@@H](C)[C@@H]1O. The maximum absolute atomic E-state index is 13.6. The third kappa shape index (κ3) is 7.08. The van der Waals surface area contributed by atoms with Crippen LogP contribution in [0.4, 0.5) is 0 Å². The van der Waals surface area contributed by atoms with Gasteiger partial charge in [-0.15, -0.1) is 23.4 Å². The lowest BCUT2D eigenvalue weighted by atomic mass is 9.44. The molecule has 11 heteroatoms. The highest BCUT2D eigenvalue weighted by Crippen LogP contribution is 2.68. The van der Waals surface area contributed by atoms with Gasteiger partial charge in [0.15, 0.2) is 0 Å². The molecule has 0 unspecified atom stereocenters. The van der Waals surface area contributed by atoms with E-state index in [9.17, 15) is 19.5 Å². The zero-order chi connectivity index (χ0) is 34.9. The number of benzene rings is 1. The Morgan fingerprint density at radius 2 is 1.94 bits per heavy atom. The van der Waals surface area contributed by atoms with Crippen LogP contribution in [0.2, 0.25) is 0 Å². The summed E-state index contributed by atoms with van der Waals surface area (Å²) in [6.45, 7) is 17.0. The van der Waals surface area contributed by atoms with Gasteiger partial charge in [0.25, 0.3) is 0 Å². The molecule has 0 spiro atoms. The van der Waals surface area contributed by atoms with Crippen molar-refractivity contribution in [1.29, 1.82) is 0 Å². The topological polar surface area (TPSA) is 133 Å². The molecule has 10 nitrogen and oxygen atoms in total. The molecule has 3 aliphatic rings. The first-order valence-electron chi connectivity index (χ1n) is 17.1. The van der Waals surface area contributed by atoms with Crippen LogP contribution in [0.25, 0.3) is 0 Å². The summed E-state index contributed by atoms with van der Waals surface area (Å²) in [7, 11) is 0. The van der Waals surface area contributed by atoms with E-state index in [2.05, 4.69) is 43.0 Å². The summed E-state index contributed by atoms with van der Waals surface area (Å²) < 4.78 is 13.1. The Kier molecular flexibility index (Phi) is 10.5. The number of aliphatic hydroxyl groups is 1. The van der Waals surface area contributed by atoms with E-state index in [4.69, 9.17) is 9.47 Å². The number of aromatic nitrogens is 3. The molecule has 2 N–H and O–H groups in total. The molecule has 2 bridgehead atoms. The van der Waals surface area contributed by atoms with Crippen LogP contribution in [0, 0.1) is 34.0 Å². The van der Waals surface area contributed by atoms with Gasteiger partial charge >= 0.3 is 5.97 Å². The molecule has 1 aromatic carbocycles. The highest BCUT2D eigenvalue weighted by molar-refractivity contribution is 8.01. The summed E-state index contributed by atoms with van der Waals surface area (Å²) in [6.07, 6.45) is 5.73. The van der Waals surface area contributed by atoms with Crippen molar-refractivity contribution in [3.8, 4) is 5.75 Å². The number of ketones is 1. The van der Waals surface area contributed by atoms with Crippen molar-refractivity contribution in [1.82, 2.24) is 20.3 Å². The number of hydrogen-bond acceptors (Lipinski definition) is 9. The second-order valence-electron chi connectivity index (χ2n) is 15.4. The number of amides is 1. The minimum absolute atomic E-state index is 0.00743. The average Bonchev–Trinajstić information content (AvgIpc) is 3.67. The van der Waals surface area contributed by atoms with Gasteiger partial charge in [-0.25, -0.2) is 4.68 Å². The number of rotatable bonds is 12. The van der Waals surface area contributed by atoms with Crippen LogP contribution >= 0.6 is 11.8 Å². The lowest BCUT2D eigenvalue weighted by molar-refractivity contribution is -0.205. The van der Waals surface area contributed by atoms with Crippen molar-refractivity contribution in [2.24, 2.45) is 34.0 Å². The highest BCUT2D eigenvalue weighted by atomic mass is 32.2. The third-order valence-electron chi connectivity index (χ3n) is 11.9.